The Kier molecular flexibility index (Phi) is 3.30. The molecule has 1 heterocycles. The summed E-state index contributed by atoms with van der Waals surface area (Å²) in [4.78, 5) is 14.7. The fourth-order valence-corrected chi connectivity index (χ4v) is 2.43. The fourth-order valence-electron chi connectivity index (χ4n) is 2.43. The topological polar surface area (TPSA) is 38.1 Å². The van der Waals surface area contributed by atoms with Crippen molar-refractivity contribution in [1.29, 1.82) is 0 Å². The van der Waals surface area contributed by atoms with Crippen LogP contribution in [0.5, 0.6) is 0 Å². The van der Waals surface area contributed by atoms with Crippen molar-refractivity contribution in [3.8, 4) is 0 Å². The van der Waals surface area contributed by atoms with Crippen LogP contribution in [0.1, 0.15) is 34.5 Å². The van der Waals surface area contributed by atoms with Crippen LogP contribution in [0.15, 0.2) is 36.5 Å². The molecule has 1 aromatic heterocycles. The average Bonchev–Trinajstić information content (AvgIpc) is 3.19. The van der Waals surface area contributed by atoms with Crippen LogP contribution in [0.25, 0.3) is 0 Å². The summed E-state index contributed by atoms with van der Waals surface area (Å²) in [6, 6.07) is 10.2. The first-order chi connectivity index (χ1) is 9.65. The Bertz CT molecular complexity index is 628. The van der Waals surface area contributed by atoms with E-state index in [1.54, 1.807) is 6.20 Å². The van der Waals surface area contributed by atoms with Crippen LogP contribution in [-0.4, -0.2) is 26.6 Å². The third-order valence-corrected chi connectivity index (χ3v) is 3.77. The van der Waals surface area contributed by atoms with Gasteiger partial charge in [-0.3, -0.25) is 9.48 Å². The Balaban J connectivity index is 1.84. The van der Waals surface area contributed by atoms with Gasteiger partial charge in [0.05, 0.1) is 12.2 Å². The Labute approximate surface area is 119 Å². The molecule has 0 bridgehead atoms. The van der Waals surface area contributed by atoms with Crippen molar-refractivity contribution < 1.29 is 4.79 Å². The number of aromatic nitrogens is 2. The number of benzene rings is 1. The largest absolute Gasteiger partial charge is 0.330 e. The number of nitrogens with zero attached hydrogens (tertiary/aromatic N) is 3. The lowest BCUT2D eigenvalue weighted by Gasteiger charge is -2.22. The van der Waals surface area contributed by atoms with Crippen molar-refractivity contribution in [3.63, 3.8) is 0 Å². The van der Waals surface area contributed by atoms with E-state index in [4.69, 9.17) is 0 Å². The molecular weight excluding hydrogens is 250 g/mol. The lowest BCUT2D eigenvalue weighted by atomic mass is 10.1. The Morgan fingerprint density at radius 3 is 2.80 bits per heavy atom. The van der Waals surface area contributed by atoms with Crippen LogP contribution in [0.3, 0.4) is 0 Å². The molecule has 0 N–H and O–H groups in total. The highest BCUT2D eigenvalue weighted by molar-refractivity contribution is 5.94. The van der Waals surface area contributed by atoms with E-state index in [0.717, 1.165) is 29.7 Å². The Hall–Kier alpha value is -2.10. The maximum absolute atomic E-state index is 12.7. The molecule has 0 aliphatic heterocycles. The van der Waals surface area contributed by atoms with E-state index in [2.05, 4.69) is 5.10 Å². The van der Waals surface area contributed by atoms with Gasteiger partial charge >= 0.3 is 0 Å². The predicted molar refractivity (Wildman–Crippen MR) is 77.3 cm³/mol. The SMILES string of the molecule is Cc1cccc(C(=O)N(Cc2ccnn2C)C2CC2)c1. The summed E-state index contributed by atoms with van der Waals surface area (Å²) in [7, 11) is 1.91. The zero-order valence-electron chi connectivity index (χ0n) is 11.9. The monoisotopic (exact) mass is 269 g/mol. The molecule has 0 radical (unpaired) electrons. The minimum Gasteiger partial charge on any atom is -0.330 e. The van der Waals surface area contributed by atoms with E-state index in [9.17, 15) is 4.79 Å². The maximum atomic E-state index is 12.7. The molecular formula is C16H19N3O. The number of carbonyl (C=O) groups is 1. The molecule has 1 aliphatic rings. The number of amides is 1. The lowest BCUT2D eigenvalue weighted by Crippen LogP contribution is -2.33. The van der Waals surface area contributed by atoms with Crippen LogP contribution < -0.4 is 0 Å². The fraction of sp³-hybridized carbons (Fsp3) is 0.375. The van der Waals surface area contributed by atoms with Crippen molar-refractivity contribution in [3.05, 3.63) is 53.3 Å². The number of hydrogen-bond acceptors (Lipinski definition) is 2. The summed E-state index contributed by atoms with van der Waals surface area (Å²) >= 11 is 0. The predicted octanol–water partition coefficient (Wildman–Crippen LogP) is 2.53. The minimum absolute atomic E-state index is 0.123. The first-order valence-electron chi connectivity index (χ1n) is 6.99. The zero-order chi connectivity index (χ0) is 14.1. The summed E-state index contributed by atoms with van der Waals surface area (Å²) in [5, 5.41) is 4.17. The lowest BCUT2D eigenvalue weighted by molar-refractivity contribution is 0.0726. The smallest absolute Gasteiger partial charge is 0.254 e. The third-order valence-electron chi connectivity index (χ3n) is 3.77. The molecule has 1 amide bonds. The molecule has 0 spiro atoms. The van der Waals surface area contributed by atoms with Gasteiger partial charge < -0.3 is 4.90 Å². The molecule has 1 saturated carbocycles. The number of hydrogen-bond donors (Lipinski definition) is 0. The van der Waals surface area contributed by atoms with Crippen molar-refractivity contribution in [2.45, 2.75) is 32.4 Å². The van der Waals surface area contributed by atoms with Crippen molar-refractivity contribution in [1.82, 2.24) is 14.7 Å². The normalized spacial score (nSPS) is 14.3. The van der Waals surface area contributed by atoms with E-state index in [1.807, 2.05) is 53.9 Å². The van der Waals surface area contributed by atoms with Gasteiger partial charge in [-0.25, -0.2) is 0 Å². The average molecular weight is 269 g/mol. The highest BCUT2D eigenvalue weighted by Crippen LogP contribution is 2.29. The minimum atomic E-state index is 0.123. The van der Waals surface area contributed by atoms with E-state index in [-0.39, 0.29) is 5.91 Å². The summed E-state index contributed by atoms with van der Waals surface area (Å²) in [6.45, 7) is 2.65. The summed E-state index contributed by atoms with van der Waals surface area (Å²) in [5.41, 5.74) is 2.96. The van der Waals surface area contributed by atoms with Gasteiger partial charge in [-0.2, -0.15) is 5.10 Å². The second kappa shape index (κ2) is 5.12. The van der Waals surface area contributed by atoms with Crippen LogP contribution in [0.4, 0.5) is 0 Å². The molecule has 1 fully saturated rings. The molecule has 4 heteroatoms. The van der Waals surface area contributed by atoms with Crippen LogP contribution in [0.2, 0.25) is 0 Å². The number of rotatable bonds is 4. The van der Waals surface area contributed by atoms with E-state index >= 15 is 0 Å². The van der Waals surface area contributed by atoms with Crippen LogP contribution in [0, 0.1) is 6.92 Å². The van der Waals surface area contributed by atoms with E-state index in [1.165, 1.54) is 0 Å². The summed E-state index contributed by atoms with van der Waals surface area (Å²) < 4.78 is 1.83. The standard InChI is InChI=1S/C16H19N3O/c1-12-4-3-5-13(10-12)16(20)19(14-6-7-14)11-15-8-9-17-18(15)2/h3-5,8-10,14H,6-7,11H2,1-2H3. The van der Waals surface area contributed by atoms with Crippen molar-refractivity contribution in [2.75, 3.05) is 0 Å². The van der Waals surface area contributed by atoms with Gasteiger partial charge in [0.15, 0.2) is 0 Å². The molecule has 3 rings (SSSR count). The van der Waals surface area contributed by atoms with E-state index in [0.29, 0.717) is 12.6 Å². The third kappa shape index (κ3) is 2.59. The van der Waals surface area contributed by atoms with Gasteiger partial charge in [-0.05, 0) is 38.0 Å². The highest BCUT2D eigenvalue weighted by Gasteiger charge is 2.33. The number of aryl methyl sites for hydroxylation is 2. The maximum Gasteiger partial charge on any atom is 0.254 e. The Morgan fingerprint density at radius 2 is 2.20 bits per heavy atom. The summed E-state index contributed by atoms with van der Waals surface area (Å²) in [5.74, 6) is 0.123. The second-order valence-electron chi connectivity index (χ2n) is 5.48. The van der Waals surface area contributed by atoms with Gasteiger partial charge in [0.25, 0.3) is 5.91 Å². The second-order valence-corrected chi connectivity index (χ2v) is 5.48. The molecule has 4 nitrogen and oxygen atoms in total. The van der Waals surface area contributed by atoms with Crippen molar-refractivity contribution >= 4 is 5.91 Å². The first kappa shape index (κ1) is 12.9. The van der Waals surface area contributed by atoms with Gasteiger partial charge in [-0.1, -0.05) is 17.7 Å². The molecule has 104 valence electrons. The van der Waals surface area contributed by atoms with Gasteiger partial charge in [0, 0.05) is 24.8 Å². The van der Waals surface area contributed by atoms with Crippen molar-refractivity contribution in [2.24, 2.45) is 7.05 Å². The molecule has 1 aromatic carbocycles. The van der Waals surface area contributed by atoms with Gasteiger partial charge in [-0.15, -0.1) is 0 Å². The molecule has 0 saturated heterocycles. The molecule has 0 atom stereocenters. The van der Waals surface area contributed by atoms with Gasteiger partial charge in [0.1, 0.15) is 0 Å². The number of carbonyl (C=O) groups excluding carboxylic acids is 1. The molecule has 20 heavy (non-hydrogen) atoms. The van der Waals surface area contributed by atoms with Crippen LogP contribution in [-0.2, 0) is 13.6 Å². The quantitative estimate of drug-likeness (QED) is 0.855. The van der Waals surface area contributed by atoms with E-state index < -0.39 is 0 Å². The Morgan fingerprint density at radius 1 is 1.40 bits per heavy atom. The zero-order valence-corrected chi connectivity index (χ0v) is 11.9. The first-order valence-corrected chi connectivity index (χ1v) is 6.99. The van der Waals surface area contributed by atoms with Crippen LogP contribution >= 0.6 is 0 Å². The van der Waals surface area contributed by atoms with Gasteiger partial charge in [0.2, 0.25) is 0 Å². The molecule has 0 unspecified atom stereocenters. The molecule has 1 aliphatic carbocycles. The highest BCUT2D eigenvalue weighted by atomic mass is 16.2. The summed E-state index contributed by atoms with van der Waals surface area (Å²) in [6.07, 6.45) is 3.99. The molecule has 2 aromatic rings.